The summed E-state index contributed by atoms with van der Waals surface area (Å²) in [5.74, 6) is 0. The van der Waals surface area contributed by atoms with Gasteiger partial charge in [0.1, 0.15) is 0 Å². The van der Waals surface area contributed by atoms with Gasteiger partial charge in [0.15, 0.2) is 0 Å². The van der Waals surface area contributed by atoms with Crippen molar-refractivity contribution in [1.29, 1.82) is 0 Å². The first-order valence-electron chi connectivity index (χ1n) is 6.40. The Morgan fingerprint density at radius 2 is 1.85 bits per heavy atom. The van der Waals surface area contributed by atoms with E-state index in [9.17, 15) is 9.59 Å². The fraction of sp³-hybridized carbons (Fsp3) is 0.357. The van der Waals surface area contributed by atoms with Gasteiger partial charge in [-0.15, -0.1) is 0 Å². The zero-order chi connectivity index (χ0) is 14.7. The van der Waals surface area contributed by atoms with Crippen LogP contribution >= 0.6 is 0 Å². The van der Waals surface area contributed by atoms with Crippen LogP contribution in [0.25, 0.3) is 0 Å². The highest BCUT2D eigenvalue weighted by Crippen LogP contribution is 2.10. The van der Waals surface area contributed by atoms with Crippen molar-refractivity contribution in [1.82, 2.24) is 19.4 Å². The van der Waals surface area contributed by atoms with Gasteiger partial charge in [-0.2, -0.15) is 0 Å². The molecule has 0 aliphatic rings. The Morgan fingerprint density at radius 1 is 1.20 bits per heavy atom. The van der Waals surface area contributed by atoms with E-state index in [4.69, 9.17) is 0 Å². The van der Waals surface area contributed by atoms with Crippen LogP contribution in [0, 0.1) is 0 Å². The summed E-state index contributed by atoms with van der Waals surface area (Å²) in [5, 5.41) is 3.29. The summed E-state index contributed by atoms with van der Waals surface area (Å²) >= 11 is 0. The summed E-state index contributed by atoms with van der Waals surface area (Å²) in [5.41, 5.74) is 1.17. The van der Waals surface area contributed by atoms with E-state index < -0.39 is 0 Å². The Kier molecular flexibility index (Phi) is 4.14. The molecule has 20 heavy (non-hydrogen) atoms. The minimum absolute atomic E-state index is 0.108. The van der Waals surface area contributed by atoms with Crippen molar-refractivity contribution in [3.05, 3.63) is 62.7 Å². The van der Waals surface area contributed by atoms with Gasteiger partial charge in [-0.25, -0.2) is 4.79 Å². The van der Waals surface area contributed by atoms with Crippen LogP contribution in [0.5, 0.6) is 0 Å². The lowest BCUT2D eigenvalue weighted by Gasteiger charge is -2.15. The van der Waals surface area contributed by atoms with E-state index in [2.05, 4.69) is 10.3 Å². The van der Waals surface area contributed by atoms with Gasteiger partial charge in [0.05, 0.1) is 0 Å². The summed E-state index contributed by atoms with van der Waals surface area (Å²) in [4.78, 5) is 27.4. The van der Waals surface area contributed by atoms with Crippen molar-refractivity contribution in [2.75, 3.05) is 0 Å². The van der Waals surface area contributed by atoms with Crippen LogP contribution in [0.4, 0.5) is 0 Å². The molecule has 2 aromatic heterocycles. The molecule has 6 nitrogen and oxygen atoms in total. The smallest absolute Gasteiger partial charge is 0.305 e. The van der Waals surface area contributed by atoms with Gasteiger partial charge in [0.25, 0.3) is 5.56 Å². The van der Waals surface area contributed by atoms with Crippen molar-refractivity contribution in [3.8, 4) is 0 Å². The highest BCUT2D eigenvalue weighted by Gasteiger charge is 2.08. The number of pyridine rings is 1. The molecule has 2 heterocycles. The van der Waals surface area contributed by atoms with Crippen LogP contribution in [0.15, 0.2) is 40.2 Å². The highest BCUT2D eigenvalue weighted by atomic mass is 16.2. The maximum Gasteiger partial charge on any atom is 0.330 e. The monoisotopic (exact) mass is 274 g/mol. The van der Waals surface area contributed by atoms with Crippen LogP contribution in [0.1, 0.15) is 24.2 Å². The third kappa shape index (κ3) is 2.85. The second kappa shape index (κ2) is 5.83. The molecular formula is C14H18N4O2. The first kappa shape index (κ1) is 14.2. The lowest BCUT2D eigenvalue weighted by molar-refractivity contribution is 0.539. The Hall–Kier alpha value is -2.21. The Bertz CT molecular complexity index is 703. The minimum atomic E-state index is -0.314. The van der Waals surface area contributed by atoms with E-state index >= 15 is 0 Å². The molecule has 6 heteroatoms. The topological polar surface area (TPSA) is 68.9 Å². The summed E-state index contributed by atoms with van der Waals surface area (Å²) < 4.78 is 2.57. The van der Waals surface area contributed by atoms with Crippen molar-refractivity contribution in [2.24, 2.45) is 14.1 Å². The van der Waals surface area contributed by atoms with Crippen molar-refractivity contribution >= 4 is 0 Å². The summed E-state index contributed by atoms with van der Waals surface area (Å²) in [6, 6.07) is 5.45. The average Bonchev–Trinajstić information content (AvgIpc) is 2.48. The predicted octanol–water partition coefficient (Wildman–Crippen LogP) is 0.330. The Morgan fingerprint density at radius 3 is 2.50 bits per heavy atom. The molecule has 0 radical (unpaired) electrons. The molecule has 0 aliphatic carbocycles. The number of aromatic nitrogens is 3. The van der Waals surface area contributed by atoms with Crippen molar-refractivity contribution in [2.45, 2.75) is 19.5 Å². The number of rotatable bonds is 4. The highest BCUT2D eigenvalue weighted by molar-refractivity contribution is 5.14. The van der Waals surface area contributed by atoms with Gasteiger partial charge in [-0.3, -0.25) is 18.9 Å². The molecule has 0 bridgehead atoms. The Balaban J connectivity index is 2.16. The maximum atomic E-state index is 11.8. The lowest BCUT2D eigenvalue weighted by Crippen LogP contribution is -2.39. The van der Waals surface area contributed by atoms with Gasteiger partial charge in [0, 0.05) is 50.8 Å². The normalized spacial score (nSPS) is 12.3. The number of nitrogens with one attached hydrogen (secondary N) is 1. The molecule has 0 saturated heterocycles. The lowest BCUT2D eigenvalue weighted by atomic mass is 10.1. The molecule has 2 rings (SSSR count). The average molecular weight is 274 g/mol. The standard InChI is InChI=1S/C14H18N4O2/c1-10(11-4-6-15-7-5-11)16-9-12-8-13(19)18(3)14(20)17(12)2/h4-8,10,16H,9H2,1-3H3/t10-/m1/s1. The molecule has 0 fully saturated rings. The SMILES string of the molecule is C[C@@H](NCc1cc(=O)n(C)c(=O)n1C)c1ccncc1. The molecule has 0 spiro atoms. The summed E-state index contributed by atoms with van der Waals surface area (Å²) in [6.07, 6.45) is 3.48. The fourth-order valence-electron chi connectivity index (χ4n) is 1.98. The zero-order valence-electron chi connectivity index (χ0n) is 11.8. The molecule has 0 aromatic carbocycles. The first-order valence-corrected chi connectivity index (χ1v) is 6.40. The third-order valence-electron chi connectivity index (χ3n) is 3.42. The van der Waals surface area contributed by atoms with E-state index in [0.29, 0.717) is 12.2 Å². The molecule has 0 unspecified atom stereocenters. The molecular weight excluding hydrogens is 256 g/mol. The molecule has 0 aliphatic heterocycles. The van der Waals surface area contributed by atoms with Gasteiger partial charge in [-0.05, 0) is 24.6 Å². The van der Waals surface area contributed by atoms with E-state index in [-0.39, 0.29) is 17.3 Å². The van der Waals surface area contributed by atoms with Gasteiger partial charge < -0.3 is 5.32 Å². The maximum absolute atomic E-state index is 11.8. The summed E-state index contributed by atoms with van der Waals surface area (Å²) in [6.45, 7) is 2.47. The molecule has 0 saturated carbocycles. The van der Waals surface area contributed by atoms with E-state index in [1.54, 1.807) is 19.4 Å². The molecule has 0 amide bonds. The van der Waals surface area contributed by atoms with Crippen LogP contribution in [0.2, 0.25) is 0 Å². The van der Waals surface area contributed by atoms with E-state index in [0.717, 1.165) is 10.1 Å². The largest absolute Gasteiger partial charge is 0.330 e. The second-order valence-corrected chi connectivity index (χ2v) is 4.76. The van der Waals surface area contributed by atoms with Gasteiger partial charge in [0.2, 0.25) is 0 Å². The van der Waals surface area contributed by atoms with Gasteiger partial charge >= 0.3 is 5.69 Å². The second-order valence-electron chi connectivity index (χ2n) is 4.76. The Labute approximate surface area is 116 Å². The number of hydrogen-bond acceptors (Lipinski definition) is 4. The van der Waals surface area contributed by atoms with Crippen LogP contribution in [0.3, 0.4) is 0 Å². The van der Waals surface area contributed by atoms with Gasteiger partial charge in [-0.1, -0.05) is 0 Å². The van der Waals surface area contributed by atoms with E-state index in [1.807, 2.05) is 19.1 Å². The van der Waals surface area contributed by atoms with Crippen LogP contribution < -0.4 is 16.6 Å². The minimum Gasteiger partial charge on any atom is -0.305 e. The zero-order valence-corrected chi connectivity index (χ0v) is 11.8. The van der Waals surface area contributed by atoms with Crippen LogP contribution in [-0.4, -0.2) is 14.1 Å². The molecule has 1 atom stereocenters. The molecule has 2 aromatic rings. The van der Waals surface area contributed by atoms with E-state index in [1.165, 1.54) is 17.7 Å². The van der Waals surface area contributed by atoms with Crippen molar-refractivity contribution < 1.29 is 0 Å². The first-order chi connectivity index (χ1) is 9.50. The fourth-order valence-corrected chi connectivity index (χ4v) is 1.98. The van der Waals surface area contributed by atoms with Crippen molar-refractivity contribution in [3.63, 3.8) is 0 Å². The summed E-state index contributed by atoms with van der Waals surface area (Å²) in [7, 11) is 3.14. The third-order valence-corrected chi connectivity index (χ3v) is 3.42. The quantitative estimate of drug-likeness (QED) is 0.872. The molecule has 106 valence electrons. The predicted molar refractivity (Wildman–Crippen MR) is 76.4 cm³/mol. The number of hydrogen-bond donors (Lipinski definition) is 1. The molecule has 1 N–H and O–H groups in total. The van der Waals surface area contributed by atoms with Crippen LogP contribution in [-0.2, 0) is 20.6 Å². The number of nitrogens with zero attached hydrogens (tertiary/aromatic N) is 3.